The molecule has 3 rings (SSSR count). The third kappa shape index (κ3) is 2.52. The molecule has 0 fully saturated rings. The molecule has 0 bridgehead atoms. The Hall–Kier alpha value is -1.73. The molecule has 0 radical (unpaired) electrons. The summed E-state index contributed by atoms with van der Waals surface area (Å²) in [5.74, 6) is -0.897. The fourth-order valence-corrected chi connectivity index (χ4v) is 3.14. The Balaban J connectivity index is 2.03. The number of hydrogen-bond donors (Lipinski definition) is 1. The van der Waals surface area contributed by atoms with Gasteiger partial charge in [0.1, 0.15) is 5.69 Å². The summed E-state index contributed by atoms with van der Waals surface area (Å²) in [5.41, 5.74) is 1.99. The Morgan fingerprint density at radius 3 is 3.00 bits per heavy atom. The van der Waals surface area contributed by atoms with Crippen molar-refractivity contribution in [2.24, 2.45) is 0 Å². The summed E-state index contributed by atoms with van der Waals surface area (Å²) in [6.07, 6.45) is 1.55. The minimum atomic E-state index is -0.897. The second-order valence-electron chi connectivity index (χ2n) is 3.95. The zero-order valence-corrected chi connectivity index (χ0v) is 12.0. The van der Waals surface area contributed by atoms with Gasteiger partial charge in [-0.25, -0.2) is 9.50 Å². The van der Waals surface area contributed by atoms with E-state index in [1.54, 1.807) is 22.0 Å². The smallest absolute Gasteiger partial charge is 0.309 e. The highest BCUT2D eigenvalue weighted by Gasteiger charge is 2.09. The average molecular weight is 338 g/mol. The number of carboxylic acids is 1. The maximum absolute atomic E-state index is 10.7. The van der Waals surface area contributed by atoms with Gasteiger partial charge in [-0.15, -0.1) is 11.3 Å². The molecule has 19 heavy (non-hydrogen) atoms. The van der Waals surface area contributed by atoms with E-state index in [4.69, 9.17) is 5.11 Å². The molecule has 0 aliphatic carbocycles. The van der Waals surface area contributed by atoms with Crippen LogP contribution in [0, 0.1) is 0 Å². The maximum Gasteiger partial charge on any atom is 0.309 e. The summed E-state index contributed by atoms with van der Waals surface area (Å²) in [6.45, 7) is 0. The van der Waals surface area contributed by atoms with Gasteiger partial charge in [0.15, 0.2) is 5.65 Å². The molecule has 0 amide bonds. The van der Waals surface area contributed by atoms with Gasteiger partial charge in [0.05, 0.1) is 23.2 Å². The van der Waals surface area contributed by atoms with E-state index in [0.29, 0.717) is 11.3 Å². The lowest BCUT2D eigenvalue weighted by atomic mass is 10.3. The number of hydrogen-bond acceptors (Lipinski definition) is 4. The molecule has 3 aromatic heterocycles. The first kappa shape index (κ1) is 12.3. The predicted octanol–water partition coefficient (Wildman–Crippen LogP) is 2.85. The van der Waals surface area contributed by atoms with Crippen molar-refractivity contribution in [3.8, 4) is 10.6 Å². The molecule has 0 spiro atoms. The highest BCUT2D eigenvalue weighted by molar-refractivity contribution is 9.10. The zero-order chi connectivity index (χ0) is 13.4. The van der Waals surface area contributed by atoms with Crippen molar-refractivity contribution in [3.63, 3.8) is 0 Å². The van der Waals surface area contributed by atoms with Gasteiger partial charge in [-0.1, -0.05) is 0 Å². The topological polar surface area (TPSA) is 67.5 Å². The van der Waals surface area contributed by atoms with Crippen molar-refractivity contribution in [3.05, 3.63) is 39.9 Å². The van der Waals surface area contributed by atoms with Gasteiger partial charge in [-0.3, -0.25) is 4.79 Å². The maximum atomic E-state index is 10.7. The van der Waals surface area contributed by atoms with Crippen molar-refractivity contribution < 1.29 is 9.90 Å². The van der Waals surface area contributed by atoms with E-state index in [1.165, 1.54) is 0 Å². The van der Waals surface area contributed by atoms with E-state index in [-0.39, 0.29) is 6.42 Å². The molecule has 1 N–H and O–H groups in total. The van der Waals surface area contributed by atoms with Crippen LogP contribution in [0.4, 0.5) is 0 Å². The number of carboxylic acid groups (broad SMARTS) is 1. The van der Waals surface area contributed by atoms with Crippen molar-refractivity contribution in [2.45, 2.75) is 6.42 Å². The lowest BCUT2D eigenvalue weighted by Crippen LogP contribution is -1.99. The number of aliphatic carboxylic acids is 1. The lowest BCUT2D eigenvalue weighted by molar-refractivity contribution is -0.136. The second kappa shape index (κ2) is 4.75. The van der Waals surface area contributed by atoms with Gasteiger partial charge < -0.3 is 5.11 Å². The Labute approximate surface area is 120 Å². The number of imidazole rings is 1. The standard InChI is InChI=1S/C12H8BrN3O2S/c13-7-3-10(19-6-7)9-1-2-11-14-8(4-12(17)18)5-16(11)15-9/h1-3,5-6H,4H2,(H,17,18). The van der Waals surface area contributed by atoms with Crippen molar-refractivity contribution in [1.29, 1.82) is 0 Å². The van der Waals surface area contributed by atoms with E-state index in [0.717, 1.165) is 15.0 Å². The third-order valence-electron chi connectivity index (χ3n) is 2.52. The minimum absolute atomic E-state index is 0.0940. The number of fused-ring (bicyclic) bond motifs is 1. The summed E-state index contributed by atoms with van der Waals surface area (Å²) >= 11 is 5.00. The summed E-state index contributed by atoms with van der Waals surface area (Å²) in [5, 5.41) is 15.2. The number of halogens is 1. The van der Waals surface area contributed by atoms with Crippen molar-refractivity contribution >= 4 is 38.9 Å². The van der Waals surface area contributed by atoms with Crippen LogP contribution in [0.25, 0.3) is 16.2 Å². The van der Waals surface area contributed by atoms with Gasteiger partial charge in [0, 0.05) is 9.85 Å². The molecule has 0 saturated carbocycles. The summed E-state index contributed by atoms with van der Waals surface area (Å²) in [7, 11) is 0. The highest BCUT2D eigenvalue weighted by Crippen LogP contribution is 2.28. The minimum Gasteiger partial charge on any atom is -0.481 e. The molecule has 0 aliphatic heterocycles. The Morgan fingerprint density at radius 2 is 2.32 bits per heavy atom. The van der Waals surface area contributed by atoms with Crippen LogP contribution in [0.3, 0.4) is 0 Å². The fraction of sp³-hybridized carbons (Fsp3) is 0.0833. The fourth-order valence-electron chi connectivity index (χ4n) is 1.75. The average Bonchev–Trinajstić information content (AvgIpc) is 2.92. The summed E-state index contributed by atoms with van der Waals surface area (Å²) in [4.78, 5) is 15.9. The Bertz CT molecular complexity index is 765. The van der Waals surface area contributed by atoms with E-state index < -0.39 is 5.97 Å². The number of thiophene rings is 1. The third-order valence-corrected chi connectivity index (χ3v) is 4.24. The van der Waals surface area contributed by atoms with Crippen LogP contribution < -0.4 is 0 Å². The number of carbonyl (C=O) groups is 1. The first-order valence-corrected chi connectivity index (χ1v) is 7.10. The monoisotopic (exact) mass is 337 g/mol. The normalized spacial score (nSPS) is 11.0. The second-order valence-corrected chi connectivity index (χ2v) is 5.78. The summed E-state index contributed by atoms with van der Waals surface area (Å²) in [6, 6.07) is 5.71. The molecule has 0 atom stereocenters. The van der Waals surface area contributed by atoms with Crippen LogP contribution >= 0.6 is 27.3 Å². The van der Waals surface area contributed by atoms with Crippen LogP contribution in [0.2, 0.25) is 0 Å². The van der Waals surface area contributed by atoms with Gasteiger partial charge in [0.25, 0.3) is 0 Å². The molecule has 0 aliphatic rings. The molecule has 7 heteroatoms. The van der Waals surface area contributed by atoms with Crippen LogP contribution in [-0.2, 0) is 11.2 Å². The first-order valence-electron chi connectivity index (χ1n) is 5.43. The molecule has 3 heterocycles. The molecule has 0 aromatic carbocycles. The largest absolute Gasteiger partial charge is 0.481 e. The molecular formula is C12H8BrN3O2S. The van der Waals surface area contributed by atoms with Crippen LogP contribution in [0.1, 0.15) is 5.69 Å². The van der Waals surface area contributed by atoms with Gasteiger partial charge in [-0.05, 0) is 34.1 Å². The number of nitrogens with zero attached hydrogens (tertiary/aromatic N) is 3. The van der Waals surface area contributed by atoms with Gasteiger partial charge >= 0.3 is 5.97 Å². The van der Waals surface area contributed by atoms with E-state index in [2.05, 4.69) is 26.0 Å². The van der Waals surface area contributed by atoms with E-state index in [1.807, 2.05) is 23.6 Å². The predicted molar refractivity (Wildman–Crippen MR) is 75.3 cm³/mol. The Kier molecular flexibility index (Phi) is 3.08. The lowest BCUT2D eigenvalue weighted by Gasteiger charge is -1.97. The van der Waals surface area contributed by atoms with Crippen molar-refractivity contribution in [2.75, 3.05) is 0 Å². The molecule has 0 unspecified atom stereocenters. The highest BCUT2D eigenvalue weighted by atomic mass is 79.9. The first-order chi connectivity index (χ1) is 9.11. The molecular weight excluding hydrogens is 330 g/mol. The van der Waals surface area contributed by atoms with Crippen LogP contribution in [-0.4, -0.2) is 25.7 Å². The van der Waals surface area contributed by atoms with E-state index >= 15 is 0 Å². The quantitative estimate of drug-likeness (QED) is 0.797. The van der Waals surface area contributed by atoms with E-state index in [9.17, 15) is 4.79 Å². The zero-order valence-electron chi connectivity index (χ0n) is 9.58. The Morgan fingerprint density at radius 1 is 1.47 bits per heavy atom. The molecule has 0 saturated heterocycles. The molecule has 3 aromatic rings. The molecule has 5 nitrogen and oxygen atoms in total. The summed E-state index contributed by atoms with van der Waals surface area (Å²) < 4.78 is 2.63. The number of rotatable bonds is 3. The number of aromatic nitrogens is 3. The SMILES string of the molecule is O=C(O)Cc1cn2nc(-c3cc(Br)cs3)ccc2n1. The van der Waals surface area contributed by atoms with Gasteiger partial charge in [-0.2, -0.15) is 5.10 Å². The van der Waals surface area contributed by atoms with Crippen molar-refractivity contribution in [1.82, 2.24) is 14.6 Å². The molecule has 96 valence electrons. The van der Waals surface area contributed by atoms with Crippen LogP contribution in [0.15, 0.2) is 34.2 Å². The van der Waals surface area contributed by atoms with Crippen LogP contribution in [0.5, 0.6) is 0 Å². The van der Waals surface area contributed by atoms with Gasteiger partial charge in [0.2, 0.25) is 0 Å².